The number of hydrogen-bond donors (Lipinski definition) is 0. The van der Waals surface area contributed by atoms with Crippen molar-refractivity contribution in [2.75, 3.05) is 13.7 Å². The number of methoxy groups -OCH3 is 1. The highest BCUT2D eigenvalue weighted by molar-refractivity contribution is 6.16. The van der Waals surface area contributed by atoms with Gasteiger partial charge in [-0.3, -0.25) is 0 Å². The second-order valence-corrected chi connectivity index (χ2v) is 5.20. The van der Waals surface area contributed by atoms with E-state index in [1.807, 2.05) is 0 Å². The molecule has 0 aliphatic rings. The summed E-state index contributed by atoms with van der Waals surface area (Å²) >= 11 is 5.97. The molecule has 104 valence electrons. The normalized spacial score (nSPS) is 13.4. The Labute approximate surface area is 117 Å². The maximum atomic E-state index is 13.3. The van der Waals surface area contributed by atoms with Crippen LogP contribution in [0.5, 0.6) is 0 Å². The van der Waals surface area contributed by atoms with Crippen molar-refractivity contribution >= 4 is 22.6 Å². The third kappa shape index (κ3) is 2.74. The molecule has 0 saturated heterocycles. The molecule has 5 heteroatoms. The van der Waals surface area contributed by atoms with Crippen molar-refractivity contribution in [2.45, 2.75) is 25.8 Å². The monoisotopic (exact) mass is 284 g/mol. The van der Waals surface area contributed by atoms with Crippen LogP contribution >= 0.6 is 11.6 Å². The van der Waals surface area contributed by atoms with Gasteiger partial charge in [0, 0.05) is 13.2 Å². The van der Waals surface area contributed by atoms with Crippen LogP contribution in [0.4, 0.5) is 4.39 Å². The van der Waals surface area contributed by atoms with Crippen LogP contribution in [0.2, 0.25) is 0 Å². The highest BCUT2D eigenvalue weighted by Crippen LogP contribution is 2.27. The lowest BCUT2D eigenvalue weighted by Crippen LogP contribution is -2.22. The number of benzene rings is 1. The summed E-state index contributed by atoms with van der Waals surface area (Å²) in [6.07, 6.45) is 0. The predicted molar refractivity (Wildman–Crippen MR) is 75.0 cm³/mol. The molecule has 1 aromatic carbocycles. The zero-order valence-electron chi connectivity index (χ0n) is 11.4. The zero-order chi connectivity index (χ0) is 14.0. The molecule has 0 amide bonds. The van der Waals surface area contributed by atoms with E-state index in [4.69, 9.17) is 16.3 Å². The van der Waals surface area contributed by atoms with Crippen LogP contribution in [-0.2, 0) is 10.6 Å². The third-order valence-corrected chi connectivity index (χ3v) is 3.52. The van der Waals surface area contributed by atoms with Gasteiger partial charge in [-0.25, -0.2) is 9.37 Å². The van der Waals surface area contributed by atoms with Crippen LogP contribution in [-0.4, -0.2) is 23.3 Å². The van der Waals surface area contributed by atoms with Crippen molar-refractivity contribution in [1.82, 2.24) is 9.55 Å². The van der Waals surface area contributed by atoms with Crippen LogP contribution < -0.4 is 0 Å². The van der Waals surface area contributed by atoms with Gasteiger partial charge in [0.15, 0.2) is 0 Å². The van der Waals surface area contributed by atoms with Gasteiger partial charge in [-0.2, -0.15) is 0 Å². The van der Waals surface area contributed by atoms with E-state index in [1.54, 1.807) is 13.2 Å². The number of nitrogens with zero attached hydrogens (tertiary/aromatic N) is 2. The molecule has 1 atom stereocenters. The molecule has 2 aromatic rings. The summed E-state index contributed by atoms with van der Waals surface area (Å²) in [5.41, 5.74) is 1.53. The Morgan fingerprint density at radius 3 is 2.74 bits per heavy atom. The van der Waals surface area contributed by atoms with Crippen LogP contribution in [0.1, 0.15) is 25.7 Å². The van der Waals surface area contributed by atoms with Gasteiger partial charge >= 0.3 is 0 Å². The van der Waals surface area contributed by atoms with Gasteiger partial charge < -0.3 is 9.30 Å². The molecular weight excluding hydrogens is 267 g/mol. The minimum Gasteiger partial charge on any atom is -0.383 e. The Morgan fingerprint density at radius 1 is 1.42 bits per heavy atom. The van der Waals surface area contributed by atoms with Crippen LogP contribution in [0, 0.1) is 11.7 Å². The second kappa shape index (κ2) is 5.88. The fourth-order valence-corrected chi connectivity index (χ4v) is 2.51. The number of aromatic nitrogens is 2. The molecule has 0 fully saturated rings. The Bertz CT molecular complexity index is 568. The minimum atomic E-state index is -0.286. The average Bonchev–Trinajstić information content (AvgIpc) is 2.72. The maximum absolute atomic E-state index is 13.3. The Hall–Kier alpha value is -1.13. The van der Waals surface area contributed by atoms with Gasteiger partial charge in [-0.05, 0) is 18.1 Å². The van der Waals surface area contributed by atoms with Crippen molar-refractivity contribution in [3.63, 3.8) is 0 Å². The number of hydrogen-bond acceptors (Lipinski definition) is 2. The lowest BCUT2D eigenvalue weighted by molar-refractivity contribution is 0.134. The van der Waals surface area contributed by atoms with E-state index in [9.17, 15) is 4.39 Å². The molecule has 19 heavy (non-hydrogen) atoms. The lowest BCUT2D eigenvalue weighted by Gasteiger charge is -2.24. The van der Waals surface area contributed by atoms with Gasteiger partial charge in [0.2, 0.25) is 0 Å². The van der Waals surface area contributed by atoms with E-state index in [0.717, 1.165) is 11.3 Å². The standard InChI is InChI=1S/C14H18ClFN2O/c1-9(2)13(8-19-3)18-12-5-4-10(16)6-11(12)17-14(18)7-15/h4-6,9,13H,7-8H2,1-3H3. The highest BCUT2D eigenvalue weighted by Gasteiger charge is 2.21. The van der Waals surface area contributed by atoms with Crippen molar-refractivity contribution in [1.29, 1.82) is 0 Å². The third-order valence-electron chi connectivity index (χ3n) is 3.28. The summed E-state index contributed by atoms with van der Waals surface area (Å²) in [4.78, 5) is 4.41. The van der Waals surface area contributed by atoms with Crippen molar-refractivity contribution in [3.05, 3.63) is 29.8 Å². The molecule has 3 nitrogen and oxygen atoms in total. The maximum Gasteiger partial charge on any atom is 0.125 e. The second-order valence-electron chi connectivity index (χ2n) is 4.93. The molecule has 0 aliphatic heterocycles. The highest BCUT2D eigenvalue weighted by atomic mass is 35.5. The summed E-state index contributed by atoms with van der Waals surface area (Å²) in [5, 5.41) is 0. The molecular formula is C14H18ClFN2O. The van der Waals surface area contributed by atoms with Gasteiger partial charge in [0.25, 0.3) is 0 Å². The van der Waals surface area contributed by atoms with E-state index in [2.05, 4.69) is 23.4 Å². The van der Waals surface area contributed by atoms with Gasteiger partial charge in [-0.1, -0.05) is 13.8 Å². The summed E-state index contributed by atoms with van der Waals surface area (Å²) in [5.74, 6) is 1.12. The van der Waals surface area contributed by atoms with Gasteiger partial charge in [0.05, 0.1) is 29.6 Å². The molecule has 0 aliphatic carbocycles. The van der Waals surface area contributed by atoms with E-state index in [-0.39, 0.29) is 11.9 Å². The molecule has 0 radical (unpaired) electrons. The Kier molecular flexibility index (Phi) is 4.42. The Balaban J connectivity index is 2.61. The van der Waals surface area contributed by atoms with Crippen molar-refractivity contribution < 1.29 is 9.13 Å². The van der Waals surface area contributed by atoms with E-state index in [1.165, 1.54) is 12.1 Å². The number of fused-ring (bicyclic) bond motifs is 1. The number of rotatable bonds is 5. The molecule has 0 bridgehead atoms. The van der Waals surface area contributed by atoms with Gasteiger partial charge in [-0.15, -0.1) is 11.6 Å². The number of alkyl halides is 1. The largest absolute Gasteiger partial charge is 0.383 e. The molecule has 0 saturated carbocycles. The smallest absolute Gasteiger partial charge is 0.125 e. The summed E-state index contributed by atoms with van der Waals surface area (Å²) < 4.78 is 20.6. The first-order valence-electron chi connectivity index (χ1n) is 6.29. The Morgan fingerprint density at radius 2 is 2.16 bits per heavy atom. The van der Waals surface area contributed by atoms with E-state index >= 15 is 0 Å². The first-order valence-corrected chi connectivity index (χ1v) is 6.83. The lowest BCUT2D eigenvalue weighted by atomic mass is 10.0. The van der Waals surface area contributed by atoms with E-state index < -0.39 is 0 Å². The van der Waals surface area contributed by atoms with Gasteiger partial charge in [0.1, 0.15) is 11.6 Å². The molecule has 1 heterocycles. The zero-order valence-corrected chi connectivity index (χ0v) is 12.1. The molecule has 1 unspecified atom stereocenters. The molecule has 0 N–H and O–H groups in total. The first-order chi connectivity index (χ1) is 9.08. The topological polar surface area (TPSA) is 27.1 Å². The van der Waals surface area contributed by atoms with Crippen LogP contribution in [0.15, 0.2) is 18.2 Å². The SMILES string of the molecule is COCC(C(C)C)n1c(CCl)nc2cc(F)ccc21. The summed E-state index contributed by atoms with van der Waals surface area (Å²) in [6, 6.07) is 4.77. The fourth-order valence-electron chi connectivity index (χ4n) is 2.32. The van der Waals surface area contributed by atoms with Crippen molar-refractivity contribution in [3.8, 4) is 0 Å². The number of imidazole rings is 1. The number of halogens is 2. The minimum absolute atomic E-state index is 0.134. The van der Waals surface area contributed by atoms with Crippen molar-refractivity contribution in [2.24, 2.45) is 5.92 Å². The first kappa shape index (κ1) is 14.3. The molecule has 1 aromatic heterocycles. The van der Waals surface area contributed by atoms with Crippen LogP contribution in [0.25, 0.3) is 11.0 Å². The van der Waals surface area contributed by atoms with Crippen LogP contribution in [0.3, 0.4) is 0 Å². The summed E-state index contributed by atoms with van der Waals surface area (Å²) in [6.45, 7) is 4.82. The quantitative estimate of drug-likeness (QED) is 0.782. The molecule has 0 spiro atoms. The van der Waals surface area contributed by atoms with E-state index in [0.29, 0.717) is 23.9 Å². The predicted octanol–water partition coefficient (Wildman–Crippen LogP) is 3.76. The fraction of sp³-hybridized carbons (Fsp3) is 0.500. The summed E-state index contributed by atoms with van der Waals surface area (Å²) in [7, 11) is 1.68. The average molecular weight is 285 g/mol. The number of ether oxygens (including phenoxy) is 1. The molecule has 2 rings (SSSR count).